The lowest BCUT2D eigenvalue weighted by atomic mass is 9.91. The summed E-state index contributed by atoms with van der Waals surface area (Å²) in [7, 11) is 0. The highest BCUT2D eigenvalue weighted by molar-refractivity contribution is 6.11. The Morgan fingerprint density at radius 3 is 1.29 bits per heavy atom. The van der Waals surface area contributed by atoms with E-state index in [1.54, 1.807) is 0 Å². The van der Waals surface area contributed by atoms with Gasteiger partial charge in [0.15, 0.2) is 5.82 Å². The van der Waals surface area contributed by atoms with Crippen molar-refractivity contribution in [2.45, 2.75) is 0 Å². The van der Waals surface area contributed by atoms with Crippen LogP contribution in [0.4, 0.5) is 0 Å². The first-order chi connectivity index (χ1) is 45.6. The van der Waals surface area contributed by atoms with Gasteiger partial charge in [0.05, 0.1) is 22.4 Å². The minimum absolute atomic E-state index is 0.640. The Labute approximate surface area is 533 Å². The Morgan fingerprint density at radius 1 is 0.217 bits per heavy atom. The Balaban J connectivity index is 0.780. The number of furan rings is 1. The maximum Gasteiger partial charge on any atom is 0.160 e. The number of para-hydroxylation sites is 4. The molecule has 0 amide bonds. The molecule has 430 valence electrons. The molecule has 0 aliphatic heterocycles. The summed E-state index contributed by atoms with van der Waals surface area (Å²) in [6.45, 7) is 0. The van der Waals surface area contributed by atoms with Crippen LogP contribution in [0.15, 0.2) is 350 Å². The molecular weight excluding hydrogens is 1110 g/mol. The minimum atomic E-state index is 0.640. The van der Waals surface area contributed by atoms with Crippen molar-refractivity contribution in [3.8, 4) is 129 Å². The van der Waals surface area contributed by atoms with Crippen molar-refractivity contribution < 1.29 is 4.42 Å². The van der Waals surface area contributed by atoms with Crippen LogP contribution in [0.2, 0.25) is 0 Å². The van der Waals surface area contributed by atoms with Gasteiger partial charge in [-0.15, -0.1) is 0 Å². The SMILES string of the molecule is c1ccc(-c2cccc(-c3cc(-c4ccc(-c5cc(-c6cccc(-c7cccc(-c8ccccc8-c8ccccc8)c7)c6)nc(-c6cccc(-c7cccc(-n8c9ccccc9c9ccccc98)c7)c6)n5)cc4)cc(-c4cccc5c4oc4ccccc45)c3)c2)cc1. The maximum absolute atomic E-state index is 6.68. The first-order valence-corrected chi connectivity index (χ1v) is 31.3. The molecule has 17 rings (SSSR count). The average Bonchev–Trinajstić information content (AvgIpc) is 1.60. The van der Waals surface area contributed by atoms with Crippen LogP contribution in [0.25, 0.3) is 172 Å². The number of benzene rings is 14. The van der Waals surface area contributed by atoms with E-state index in [9.17, 15) is 0 Å². The highest BCUT2D eigenvalue weighted by Crippen LogP contribution is 2.42. The molecule has 3 aromatic heterocycles. The Hall–Kier alpha value is -12.2. The van der Waals surface area contributed by atoms with Crippen LogP contribution < -0.4 is 0 Å². The number of fused-ring (bicyclic) bond motifs is 6. The van der Waals surface area contributed by atoms with Gasteiger partial charge in [0.1, 0.15) is 11.2 Å². The summed E-state index contributed by atoms with van der Waals surface area (Å²) < 4.78 is 9.06. The number of hydrogen-bond donors (Lipinski definition) is 0. The molecule has 0 spiro atoms. The van der Waals surface area contributed by atoms with Crippen LogP contribution in [0.5, 0.6) is 0 Å². The number of hydrogen-bond acceptors (Lipinski definition) is 3. The van der Waals surface area contributed by atoms with E-state index < -0.39 is 0 Å². The molecule has 0 aliphatic rings. The maximum atomic E-state index is 6.68. The number of aromatic nitrogens is 3. The summed E-state index contributed by atoms with van der Waals surface area (Å²) >= 11 is 0. The van der Waals surface area contributed by atoms with E-state index in [-0.39, 0.29) is 0 Å². The summed E-state index contributed by atoms with van der Waals surface area (Å²) in [6.07, 6.45) is 0. The molecule has 3 heterocycles. The van der Waals surface area contributed by atoms with Gasteiger partial charge in [-0.2, -0.15) is 0 Å². The van der Waals surface area contributed by atoms with Gasteiger partial charge in [0.2, 0.25) is 0 Å². The normalized spacial score (nSPS) is 11.5. The number of nitrogens with zero attached hydrogens (tertiary/aromatic N) is 3. The molecule has 4 nitrogen and oxygen atoms in total. The van der Waals surface area contributed by atoms with E-state index in [1.807, 2.05) is 6.07 Å². The summed E-state index contributed by atoms with van der Waals surface area (Å²) in [5.74, 6) is 0.640. The first kappa shape index (κ1) is 54.0. The Morgan fingerprint density at radius 2 is 0.609 bits per heavy atom. The van der Waals surface area contributed by atoms with Gasteiger partial charge in [0, 0.05) is 49.5 Å². The van der Waals surface area contributed by atoms with Crippen molar-refractivity contribution >= 4 is 43.7 Å². The lowest BCUT2D eigenvalue weighted by molar-refractivity contribution is 0.670. The molecule has 0 radical (unpaired) electrons. The second kappa shape index (κ2) is 23.0. The van der Waals surface area contributed by atoms with Gasteiger partial charge in [-0.05, 0) is 162 Å². The zero-order chi connectivity index (χ0) is 60.9. The van der Waals surface area contributed by atoms with Crippen LogP contribution in [0.3, 0.4) is 0 Å². The minimum Gasteiger partial charge on any atom is -0.455 e. The topological polar surface area (TPSA) is 43.9 Å². The summed E-state index contributed by atoms with van der Waals surface area (Å²) in [5, 5.41) is 4.68. The molecule has 0 atom stereocenters. The molecule has 0 unspecified atom stereocenters. The van der Waals surface area contributed by atoms with Gasteiger partial charge >= 0.3 is 0 Å². The second-order valence-electron chi connectivity index (χ2n) is 23.6. The highest BCUT2D eigenvalue weighted by atomic mass is 16.3. The molecule has 0 bridgehead atoms. The summed E-state index contributed by atoms with van der Waals surface area (Å²) in [5.41, 5.74) is 27.8. The predicted octanol–water partition coefficient (Wildman–Crippen LogP) is 23.8. The van der Waals surface area contributed by atoms with Crippen LogP contribution in [0.1, 0.15) is 0 Å². The van der Waals surface area contributed by atoms with Gasteiger partial charge in [-0.25, -0.2) is 9.97 Å². The zero-order valence-electron chi connectivity index (χ0n) is 50.2. The first-order valence-electron chi connectivity index (χ1n) is 31.3. The number of rotatable bonds is 12. The van der Waals surface area contributed by atoms with Crippen LogP contribution in [0, 0.1) is 0 Å². The Kier molecular flexibility index (Phi) is 13.5. The van der Waals surface area contributed by atoms with Crippen molar-refractivity contribution in [1.82, 2.24) is 14.5 Å². The lowest BCUT2D eigenvalue weighted by Crippen LogP contribution is -1.97. The van der Waals surface area contributed by atoms with Gasteiger partial charge in [0.25, 0.3) is 0 Å². The van der Waals surface area contributed by atoms with E-state index in [4.69, 9.17) is 14.4 Å². The standard InChI is InChI=1S/C88H57N3O/c1-3-21-58(22-4-1)62-25-15-29-66(49-62)72-53-71(54-73(55-72)77-40-20-41-81-80-39-11-14-44-86(80)92-87(77)81)59-45-47-61(48-46-59)82-57-83(69-32-17-27-64(51-69)63-26-16-31-68(50-63)76-36-8-7-35-75(76)60-23-5-2-6-24-60)90-88(89-82)70-33-18-28-65(52-70)67-30-19-34-74(56-67)91-84-42-12-9-37-78(84)79-38-10-13-43-85(79)91/h1-57H. The fourth-order valence-corrected chi connectivity index (χ4v) is 13.5. The third kappa shape index (κ3) is 10.0. The van der Waals surface area contributed by atoms with Crippen molar-refractivity contribution in [2.24, 2.45) is 0 Å². The van der Waals surface area contributed by atoms with E-state index in [1.165, 1.54) is 49.6 Å². The monoisotopic (exact) mass is 1170 g/mol. The highest BCUT2D eigenvalue weighted by Gasteiger charge is 2.19. The van der Waals surface area contributed by atoms with Crippen molar-refractivity contribution in [1.29, 1.82) is 0 Å². The zero-order valence-corrected chi connectivity index (χ0v) is 50.2. The lowest BCUT2D eigenvalue weighted by Gasteiger charge is -2.14. The smallest absolute Gasteiger partial charge is 0.160 e. The Bertz CT molecular complexity index is 5590. The molecule has 0 N–H and O–H groups in total. The van der Waals surface area contributed by atoms with Crippen molar-refractivity contribution in [2.75, 3.05) is 0 Å². The molecule has 92 heavy (non-hydrogen) atoms. The molecule has 17 aromatic rings. The van der Waals surface area contributed by atoms with E-state index in [2.05, 4.69) is 344 Å². The quantitative estimate of drug-likeness (QED) is 0.122. The van der Waals surface area contributed by atoms with E-state index in [0.29, 0.717) is 5.82 Å². The fraction of sp³-hybridized carbons (Fsp3) is 0. The molecule has 4 heteroatoms. The fourth-order valence-electron chi connectivity index (χ4n) is 13.5. The van der Waals surface area contributed by atoms with E-state index in [0.717, 1.165) is 117 Å². The third-order valence-corrected chi connectivity index (χ3v) is 18.0. The second-order valence-corrected chi connectivity index (χ2v) is 23.6. The van der Waals surface area contributed by atoms with Crippen molar-refractivity contribution in [3.05, 3.63) is 346 Å². The molecule has 0 saturated carbocycles. The van der Waals surface area contributed by atoms with Crippen LogP contribution in [-0.2, 0) is 0 Å². The largest absolute Gasteiger partial charge is 0.455 e. The summed E-state index contributed by atoms with van der Waals surface area (Å²) in [4.78, 5) is 11.0. The molecule has 0 fully saturated rings. The molecular formula is C88H57N3O. The van der Waals surface area contributed by atoms with Gasteiger partial charge in [-0.1, -0.05) is 267 Å². The average molecular weight is 1170 g/mol. The molecule has 0 saturated heterocycles. The molecule has 0 aliphatic carbocycles. The van der Waals surface area contributed by atoms with Crippen LogP contribution >= 0.6 is 0 Å². The van der Waals surface area contributed by atoms with Gasteiger partial charge < -0.3 is 8.98 Å². The predicted molar refractivity (Wildman–Crippen MR) is 383 cm³/mol. The van der Waals surface area contributed by atoms with E-state index >= 15 is 0 Å². The third-order valence-electron chi connectivity index (χ3n) is 18.0. The molecule has 14 aromatic carbocycles. The van der Waals surface area contributed by atoms with Crippen LogP contribution in [-0.4, -0.2) is 14.5 Å². The summed E-state index contributed by atoms with van der Waals surface area (Å²) in [6, 6.07) is 124. The van der Waals surface area contributed by atoms with Crippen molar-refractivity contribution in [3.63, 3.8) is 0 Å². The van der Waals surface area contributed by atoms with Gasteiger partial charge in [-0.3, -0.25) is 0 Å².